The molecule has 120 valence electrons. The van der Waals surface area contributed by atoms with Crippen LogP contribution in [0.3, 0.4) is 0 Å². The van der Waals surface area contributed by atoms with Crippen molar-refractivity contribution >= 4 is 0 Å². The van der Waals surface area contributed by atoms with Gasteiger partial charge in [0.2, 0.25) is 0 Å². The zero-order valence-electron chi connectivity index (χ0n) is 14.9. The summed E-state index contributed by atoms with van der Waals surface area (Å²) >= 11 is 0. The molecule has 1 aliphatic carbocycles. The Morgan fingerprint density at radius 3 is 2.25 bits per heavy atom. The molecule has 1 fully saturated rings. The lowest BCUT2D eigenvalue weighted by Crippen LogP contribution is -2.50. The molecular formula is C18H38N2. The molecule has 4 unspecified atom stereocenters. The van der Waals surface area contributed by atoms with Crippen molar-refractivity contribution in [2.45, 2.75) is 73.4 Å². The van der Waals surface area contributed by atoms with E-state index in [0.29, 0.717) is 12.1 Å². The Labute approximate surface area is 127 Å². The Kier molecular flexibility index (Phi) is 7.53. The van der Waals surface area contributed by atoms with Gasteiger partial charge < -0.3 is 10.2 Å². The van der Waals surface area contributed by atoms with Crippen LogP contribution in [0.25, 0.3) is 0 Å². The van der Waals surface area contributed by atoms with Gasteiger partial charge in [-0.25, -0.2) is 0 Å². The molecule has 4 atom stereocenters. The molecule has 0 bridgehead atoms. The van der Waals surface area contributed by atoms with Crippen LogP contribution in [0.5, 0.6) is 0 Å². The summed E-state index contributed by atoms with van der Waals surface area (Å²) in [6, 6.07) is 1.37. The molecule has 1 saturated carbocycles. The predicted octanol–water partition coefficient (Wildman–Crippen LogP) is 4.01. The fraction of sp³-hybridized carbons (Fsp3) is 1.00. The normalized spacial score (nSPS) is 31.5. The zero-order valence-corrected chi connectivity index (χ0v) is 14.9. The minimum absolute atomic E-state index is 0.659. The molecule has 0 amide bonds. The lowest BCUT2D eigenvalue weighted by Gasteiger charge is -2.43. The van der Waals surface area contributed by atoms with Crippen molar-refractivity contribution in [2.24, 2.45) is 23.7 Å². The van der Waals surface area contributed by atoms with Gasteiger partial charge in [-0.3, -0.25) is 0 Å². The Hall–Kier alpha value is -0.0800. The lowest BCUT2D eigenvalue weighted by atomic mass is 9.72. The Morgan fingerprint density at radius 1 is 1.10 bits per heavy atom. The average Bonchev–Trinajstić information content (AvgIpc) is 2.31. The van der Waals surface area contributed by atoms with Crippen molar-refractivity contribution in [1.29, 1.82) is 0 Å². The Bertz CT molecular complexity index is 262. The molecule has 20 heavy (non-hydrogen) atoms. The van der Waals surface area contributed by atoms with Crippen LogP contribution in [0.1, 0.15) is 61.3 Å². The molecule has 0 spiro atoms. The van der Waals surface area contributed by atoms with Gasteiger partial charge in [0.05, 0.1) is 0 Å². The van der Waals surface area contributed by atoms with Gasteiger partial charge >= 0.3 is 0 Å². The van der Waals surface area contributed by atoms with Gasteiger partial charge in [-0.15, -0.1) is 0 Å². The molecule has 0 saturated heterocycles. The van der Waals surface area contributed by atoms with E-state index in [-0.39, 0.29) is 0 Å². The first-order chi connectivity index (χ1) is 9.35. The number of nitrogens with zero attached hydrogens (tertiary/aromatic N) is 1. The molecule has 0 aliphatic heterocycles. The molecule has 1 N–H and O–H groups in total. The number of rotatable bonds is 7. The van der Waals surface area contributed by atoms with E-state index in [2.05, 4.69) is 58.7 Å². The molecule has 0 heterocycles. The first-order valence-corrected chi connectivity index (χ1v) is 8.82. The third-order valence-corrected chi connectivity index (χ3v) is 4.92. The highest BCUT2D eigenvalue weighted by Gasteiger charge is 2.34. The van der Waals surface area contributed by atoms with E-state index in [0.717, 1.165) is 30.2 Å². The molecule has 0 radical (unpaired) electrons. The van der Waals surface area contributed by atoms with Crippen molar-refractivity contribution in [2.75, 3.05) is 19.6 Å². The van der Waals surface area contributed by atoms with E-state index in [1.54, 1.807) is 0 Å². The summed E-state index contributed by atoms with van der Waals surface area (Å²) in [5.74, 6) is 3.29. The second kappa shape index (κ2) is 8.38. The maximum atomic E-state index is 3.77. The predicted molar refractivity (Wildman–Crippen MR) is 90.1 cm³/mol. The molecular weight excluding hydrogens is 244 g/mol. The summed E-state index contributed by atoms with van der Waals surface area (Å²) in [7, 11) is 0. The second-order valence-corrected chi connectivity index (χ2v) is 7.82. The highest BCUT2D eigenvalue weighted by molar-refractivity contribution is 4.89. The van der Waals surface area contributed by atoms with Gasteiger partial charge in [-0.1, -0.05) is 34.6 Å². The van der Waals surface area contributed by atoms with E-state index >= 15 is 0 Å². The largest absolute Gasteiger partial charge is 0.314 e. The minimum atomic E-state index is 0.659. The third-order valence-electron chi connectivity index (χ3n) is 4.92. The molecule has 0 aromatic rings. The van der Waals surface area contributed by atoms with Crippen molar-refractivity contribution in [1.82, 2.24) is 10.2 Å². The topological polar surface area (TPSA) is 15.3 Å². The van der Waals surface area contributed by atoms with Crippen molar-refractivity contribution in [3.63, 3.8) is 0 Å². The maximum absolute atomic E-state index is 3.77. The third kappa shape index (κ3) is 5.37. The molecule has 1 aliphatic rings. The van der Waals surface area contributed by atoms with Crippen LogP contribution in [0.15, 0.2) is 0 Å². The zero-order chi connectivity index (χ0) is 15.3. The van der Waals surface area contributed by atoms with Crippen molar-refractivity contribution in [3.8, 4) is 0 Å². The van der Waals surface area contributed by atoms with Gasteiger partial charge in [-0.2, -0.15) is 0 Å². The summed E-state index contributed by atoms with van der Waals surface area (Å²) in [5.41, 5.74) is 0. The SMILES string of the molecule is CCNC1CC(C)CC(C)C1CN(CC(C)C)C(C)C. The number of hydrogen-bond donors (Lipinski definition) is 1. The standard InChI is InChI=1S/C18H38N2/c1-8-19-18-10-15(6)9-16(7)17(18)12-20(14(4)5)11-13(2)3/h13-19H,8-12H2,1-7H3. The lowest BCUT2D eigenvalue weighted by molar-refractivity contribution is 0.0811. The van der Waals surface area contributed by atoms with Gasteiger partial charge in [0.15, 0.2) is 0 Å². The first-order valence-electron chi connectivity index (χ1n) is 8.82. The summed E-state index contributed by atoms with van der Waals surface area (Å²) < 4.78 is 0. The van der Waals surface area contributed by atoms with Gasteiger partial charge in [0.1, 0.15) is 0 Å². The summed E-state index contributed by atoms with van der Waals surface area (Å²) in [5, 5.41) is 3.77. The second-order valence-electron chi connectivity index (χ2n) is 7.82. The monoisotopic (exact) mass is 282 g/mol. The van der Waals surface area contributed by atoms with E-state index in [1.165, 1.54) is 25.9 Å². The Morgan fingerprint density at radius 2 is 1.75 bits per heavy atom. The van der Waals surface area contributed by atoms with Crippen LogP contribution >= 0.6 is 0 Å². The van der Waals surface area contributed by atoms with Gasteiger partial charge in [0.25, 0.3) is 0 Å². The minimum Gasteiger partial charge on any atom is -0.314 e. The fourth-order valence-corrected chi connectivity index (χ4v) is 3.95. The van der Waals surface area contributed by atoms with Crippen LogP contribution in [-0.4, -0.2) is 36.6 Å². The van der Waals surface area contributed by atoms with E-state index in [4.69, 9.17) is 0 Å². The van der Waals surface area contributed by atoms with Crippen LogP contribution in [0.4, 0.5) is 0 Å². The number of hydrogen-bond acceptors (Lipinski definition) is 2. The molecule has 2 heteroatoms. The molecule has 1 rings (SSSR count). The first kappa shape index (κ1) is 18.0. The molecule has 0 aromatic carbocycles. The van der Waals surface area contributed by atoms with Gasteiger partial charge in [0, 0.05) is 25.2 Å². The average molecular weight is 283 g/mol. The van der Waals surface area contributed by atoms with Crippen LogP contribution in [0.2, 0.25) is 0 Å². The summed E-state index contributed by atoms with van der Waals surface area (Å²) in [4.78, 5) is 2.70. The summed E-state index contributed by atoms with van der Waals surface area (Å²) in [6.07, 6.45) is 2.76. The van der Waals surface area contributed by atoms with E-state index < -0.39 is 0 Å². The smallest absolute Gasteiger partial charge is 0.0112 e. The fourth-order valence-electron chi connectivity index (χ4n) is 3.95. The van der Waals surface area contributed by atoms with Crippen LogP contribution in [-0.2, 0) is 0 Å². The van der Waals surface area contributed by atoms with Gasteiger partial charge in [-0.05, 0) is 56.9 Å². The highest BCUT2D eigenvalue weighted by Crippen LogP contribution is 2.34. The van der Waals surface area contributed by atoms with Crippen molar-refractivity contribution in [3.05, 3.63) is 0 Å². The van der Waals surface area contributed by atoms with Crippen LogP contribution < -0.4 is 5.32 Å². The summed E-state index contributed by atoms with van der Waals surface area (Å²) in [6.45, 7) is 20.1. The maximum Gasteiger partial charge on any atom is 0.0112 e. The van der Waals surface area contributed by atoms with Crippen molar-refractivity contribution < 1.29 is 0 Å². The highest BCUT2D eigenvalue weighted by atomic mass is 15.2. The van der Waals surface area contributed by atoms with Crippen LogP contribution in [0, 0.1) is 23.7 Å². The quantitative estimate of drug-likeness (QED) is 0.759. The number of nitrogens with one attached hydrogen (secondary N) is 1. The molecule has 0 aromatic heterocycles. The van der Waals surface area contributed by atoms with E-state index in [9.17, 15) is 0 Å². The van der Waals surface area contributed by atoms with E-state index in [1.807, 2.05) is 0 Å². The Balaban J connectivity index is 2.72. The molecule has 2 nitrogen and oxygen atoms in total.